The van der Waals surface area contributed by atoms with Gasteiger partial charge in [0.2, 0.25) is 0 Å². The average molecular weight is 455 g/mol. The Morgan fingerprint density at radius 3 is 2.41 bits per heavy atom. The molecule has 150 valence electrons. The quantitative estimate of drug-likeness (QED) is 0.546. The lowest BCUT2D eigenvalue weighted by Gasteiger charge is -2.34. The molecule has 0 spiro atoms. The molecule has 1 amide bonds. The van der Waals surface area contributed by atoms with Crippen molar-refractivity contribution in [2.75, 3.05) is 26.2 Å². The van der Waals surface area contributed by atoms with Crippen molar-refractivity contribution in [1.82, 2.24) is 9.80 Å². The fourth-order valence-corrected chi connectivity index (χ4v) is 3.79. The molecule has 6 heteroatoms. The molecule has 29 heavy (non-hydrogen) atoms. The Balaban J connectivity index is 1.29. The van der Waals surface area contributed by atoms with Crippen molar-refractivity contribution < 1.29 is 13.9 Å². The van der Waals surface area contributed by atoms with Crippen LogP contribution in [0.4, 0.5) is 0 Å². The monoisotopic (exact) mass is 454 g/mol. The van der Waals surface area contributed by atoms with E-state index in [-0.39, 0.29) is 12.5 Å². The van der Waals surface area contributed by atoms with Crippen LogP contribution in [0.5, 0.6) is 5.75 Å². The zero-order valence-corrected chi connectivity index (χ0v) is 17.7. The maximum atomic E-state index is 12.8. The Morgan fingerprint density at radius 2 is 1.66 bits per heavy atom. The van der Waals surface area contributed by atoms with E-state index in [4.69, 9.17) is 9.15 Å². The Labute approximate surface area is 179 Å². The summed E-state index contributed by atoms with van der Waals surface area (Å²) in [6, 6.07) is 21.6. The zero-order chi connectivity index (χ0) is 20.1. The van der Waals surface area contributed by atoms with Crippen LogP contribution in [0.2, 0.25) is 0 Å². The Hall–Kier alpha value is -2.57. The second-order valence-corrected chi connectivity index (χ2v) is 7.89. The SMILES string of the molecule is O=C(c1ccc(COc2ccccc2Br)o1)N1CCN(Cc2ccccc2)CC1. The Kier molecular flexibility index (Phi) is 6.32. The third kappa shape index (κ3) is 5.08. The molecule has 5 nitrogen and oxygen atoms in total. The summed E-state index contributed by atoms with van der Waals surface area (Å²) in [6.45, 7) is 4.32. The van der Waals surface area contributed by atoms with Crippen LogP contribution in [0.25, 0.3) is 0 Å². The number of ether oxygens (including phenoxy) is 1. The summed E-state index contributed by atoms with van der Waals surface area (Å²) < 4.78 is 12.4. The number of amides is 1. The predicted molar refractivity (Wildman–Crippen MR) is 115 cm³/mol. The standard InChI is InChI=1S/C23H23BrN2O3/c24-20-8-4-5-9-21(20)28-17-19-10-11-22(29-19)23(27)26-14-12-25(13-15-26)16-18-6-2-1-3-7-18/h1-11H,12-17H2. The van der Waals surface area contributed by atoms with Gasteiger partial charge in [-0.3, -0.25) is 9.69 Å². The second-order valence-electron chi connectivity index (χ2n) is 7.04. The number of rotatable bonds is 6. The molecule has 0 aliphatic carbocycles. The van der Waals surface area contributed by atoms with Gasteiger partial charge in [0.1, 0.15) is 18.1 Å². The Morgan fingerprint density at radius 1 is 0.931 bits per heavy atom. The van der Waals surface area contributed by atoms with E-state index in [1.54, 1.807) is 12.1 Å². The van der Waals surface area contributed by atoms with Gasteiger partial charge in [-0.25, -0.2) is 0 Å². The molecule has 1 aliphatic heterocycles. The molecular weight excluding hydrogens is 432 g/mol. The maximum absolute atomic E-state index is 12.8. The smallest absolute Gasteiger partial charge is 0.289 e. The van der Waals surface area contributed by atoms with Crippen molar-refractivity contribution in [3.05, 3.63) is 88.3 Å². The highest BCUT2D eigenvalue weighted by Crippen LogP contribution is 2.25. The number of carbonyl (C=O) groups excluding carboxylic acids is 1. The van der Waals surface area contributed by atoms with Crippen molar-refractivity contribution in [3.8, 4) is 5.75 Å². The molecule has 0 saturated carbocycles. The first-order valence-electron chi connectivity index (χ1n) is 9.70. The molecule has 0 unspecified atom stereocenters. The number of piperazine rings is 1. The van der Waals surface area contributed by atoms with E-state index in [0.717, 1.165) is 29.9 Å². The Bertz CT molecular complexity index is 950. The summed E-state index contributed by atoms with van der Waals surface area (Å²) in [5.41, 5.74) is 1.30. The number of hydrogen-bond donors (Lipinski definition) is 0. The molecule has 0 N–H and O–H groups in total. The van der Waals surface area contributed by atoms with Crippen LogP contribution < -0.4 is 4.74 Å². The van der Waals surface area contributed by atoms with Gasteiger partial charge in [0.25, 0.3) is 5.91 Å². The number of hydrogen-bond acceptors (Lipinski definition) is 4. The molecule has 2 aromatic carbocycles. The van der Waals surface area contributed by atoms with Crippen molar-refractivity contribution in [3.63, 3.8) is 0 Å². The minimum absolute atomic E-state index is 0.0588. The van der Waals surface area contributed by atoms with Gasteiger partial charge in [-0.2, -0.15) is 0 Å². The number of carbonyl (C=O) groups is 1. The number of para-hydroxylation sites is 1. The summed E-state index contributed by atoms with van der Waals surface area (Å²) in [7, 11) is 0. The van der Waals surface area contributed by atoms with Crippen molar-refractivity contribution in [1.29, 1.82) is 0 Å². The topological polar surface area (TPSA) is 45.9 Å². The molecule has 1 saturated heterocycles. The van der Waals surface area contributed by atoms with Crippen molar-refractivity contribution in [2.45, 2.75) is 13.2 Å². The molecule has 4 rings (SSSR count). The van der Waals surface area contributed by atoms with E-state index < -0.39 is 0 Å². The van der Waals surface area contributed by atoms with Crippen LogP contribution in [0.3, 0.4) is 0 Å². The van der Waals surface area contributed by atoms with E-state index >= 15 is 0 Å². The highest BCUT2D eigenvalue weighted by atomic mass is 79.9. The van der Waals surface area contributed by atoms with Gasteiger partial charge < -0.3 is 14.1 Å². The van der Waals surface area contributed by atoms with Crippen LogP contribution in [0, 0.1) is 0 Å². The highest BCUT2D eigenvalue weighted by Gasteiger charge is 2.24. The summed E-state index contributed by atoms with van der Waals surface area (Å²) in [4.78, 5) is 17.0. The van der Waals surface area contributed by atoms with Gasteiger partial charge >= 0.3 is 0 Å². The molecule has 0 bridgehead atoms. The predicted octanol–water partition coefficient (Wildman–Crippen LogP) is 4.58. The van der Waals surface area contributed by atoms with E-state index in [2.05, 4.69) is 45.1 Å². The van der Waals surface area contributed by atoms with Crippen molar-refractivity contribution in [2.24, 2.45) is 0 Å². The summed E-state index contributed by atoms with van der Waals surface area (Å²) >= 11 is 3.46. The van der Waals surface area contributed by atoms with Crippen LogP contribution in [-0.4, -0.2) is 41.9 Å². The normalized spacial score (nSPS) is 14.7. The van der Waals surface area contributed by atoms with Gasteiger partial charge in [0, 0.05) is 32.7 Å². The van der Waals surface area contributed by atoms with Crippen LogP contribution in [-0.2, 0) is 13.2 Å². The minimum Gasteiger partial charge on any atom is -0.484 e. The van der Waals surface area contributed by atoms with E-state index in [1.807, 2.05) is 35.2 Å². The first-order valence-corrected chi connectivity index (χ1v) is 10.5. The number of furan rings is 1. The van der Waals surface area contributed by atoms with Gasteiger partial charge in [0.05, 0.1) is 4.47 Å². The molecule has 1 aliphatic rings. The van der Waals surface area contributed by atoms with Gasteiger partial charge in [-0.05, 0) is 45.8 Å². The van der Waals surface area contributed by atoms with Crippen LogP contribution in [0.15, 0.2) is 75.6 Å². The van der Waals surface area contributed by atoms with E-state index in [9.17, 15) is 4.79 Å². The first-order chi connectivity index (χ1) is 14.2. The lowest BCUT2D eigenvalue weighted by molar-refractivity contribution is 0.0594. The summed E-state index contributed by atoms with van der Waals surface area (Å²) in [6.07, 6.45) is 0. The fraction of sp³-hybridized carbons (Fsp3) is 0.261. The van der Waals surface area contributed by atoms with E-state index in [1.165, 1.54) is 5.56 Å². The number of benzene rings is 2. The zero-order valence-electron chi connectivity index (χ0n) is 16.1. The molecule has 0 radical (unpaired) electrons. The molecule has 1 aromatic heterocycles. The molecule has 0 atom stereocenters. The lowest BCUT2D eigenvalue weighted by atomic mass is 10.2. The van der Waals surface area contributed by atoms with Gasteiger partial charge in [0.15, 0.2) is 5.76 Å². The molecule has 2 heterocycles. The van der Waals surface area contributed by atoms with Gasteiger partial charge in [-0.1, -0.05) is 42.5 Å². The second kappa shape index (κ2) is 9.29. The third-order valence-electron chi connectivity index (χ3n) is 4.99. The molecular formula is C23H23BrN2O3. The number of nitrogens with zero attached hydrogens (tertiary/aromatic N) is 2. The maximum Gasteiger partial charge on any atom is 0.289 e. The first kappa shape index (κ1) is 19.7. The van der Waals surface area contributed by atoms with Crippen LogP contribution in [0.1, 0.15) is 21.9 Å². The van der Waals surface area contributed by atoms with Crippen molar-refractivity contribution >= 4 is 21.8 Å². The number of halogens is 1. The average Bonchev–Trinajstić information content (AvgIpc) is 3.23. The molecule has 3 aromatic rings. The van der Waals surface area contributed by atoms with Crippen LogP contribution >= 0.6 is 15.9 Å². The van der Waals surface area contributed by atoms with E-state index in [0.29, 0.717) is 24.6 Å². The lowest BCUT2D eigenvalue weighted by Crippen LogP contribution is -2.48. The largest absolute Gasteiger partial charge is 0.484 e. The van der Waals surface area contributed by atoms with Gasteiger partial charge in [-0.15, -0.1) is 0 Å². The fourth-order valence-electron chi connectivity index (χ4n) is 3.39. The minimum atomic E-state index is -0.0588. The third-order valence-corrected chi connectivity index (χ3v) is 5.64. The highest BCUT2D eigenvalue weighted by molar-refractivity contribution is 9.10. The molecule has 1 fully saturated rings. The summed E-state index contributed by atoms with van der Waals surface area (Å²) in [5.74, 6) is 1.68. The summed E-state index contributed by atoms with van der Waals surface area (Å²) in [5, 5.41) is 0.